The molecule has 3 aromatic rings. The maximum atomic E-state index is 14.5. The quantitative estimate of drug-likeness (QED) is 0.0819. The Kier molecular flexibility index (Phi) is 17.2. The summed E-state index contributed by atoms with van der Waals surface area (Å²) in [6.07, 6.45) is 5.49. The van der Waals surface area contributed by atoms with Gasteiger partial charge in [-0.3, -0.25) is 14.4 Å². The van der Waals surface area contributed by atoms with Gasteiger partial charge >= 0.3 is 12.2 Å². The van der Waals surface area contributed by atoms with Crippen molar-refractivity contribution in [3.05, 3.63) is 108 Å². The number of carbonyl (C=O) groups excluding carboxylic acids is 5. The monoisotopic (exact) mass is 850 g/mol. The largest absolute Gasteiger partial charge is 0.449 e. The molecule has 0 spiro atoms. The molecule has 3 aromatic carbocycles. The van der Waals surface area contributed by atoms with Crippen LogP contribution in [-0.4, -0.2) is 96.2 Å². The summed E-state index contributed by atoms with van der Waals surface area (Å²) in [5, 5.41) is 8.80. The Morgan fingerprint density at radius 3 is 2.08 bits per heavy atom. The number of carbonyl (C=O) groups is 5. The molecule has 1 aliphatic carbocycles. The fourth-order valence-electron chi connectivity index (χ4n) is 8.47. The highest BCUT2D eigenvalue weighted by molar-refractivity contribution is 5.93. The minimum Gasteiger partial charge on any atom is -0.449 e. The van der Waals surface area contributed by atoms with Crippen LogP contribution in [0.2, 0.25) is 0 Å². The minimum absolute atomic E-state index is 0.0610. The Morgan fingerprint density at radius 2 is 1.47 bits per heavy atom. The Bertz CT molecular complexity index is 1960. The minimum atomic E-state index is -0.847. The molecule has 1 saturated heterocycles. The average Bonchev–Trinajstić information content (AvgIpc) is 3.86. The standard InChI is InChI=1S/C50H67N5O7/c1-8-54(9-2)47(58)43(25-17-29-51-48(59)61-33-42-40-23-15-13-21-38(40)39-22-14-16-24-41(39)42)53-45(56)44-26-18-30-55(44)46(57)36(32-35-19-11-10-12-20-35)27-28-37(31-34(3)4)52-49(60)62-50(5,6)7/h10-16,19-24,27-28,34,36-37,42-44H,8-9,17-18,25-26,29-33H2,1-7H3,(H,51,59)(H,52,60)(H,53,56)/b28-27+/t36?,37?,43?,44-/m0/s1. The maximum absolute atomic E-state index is 14.5. The van der Waals surface area contributed by atoms with Gasteiger partial charge in [0.05, 0.1) is 12.0 Å². The Hall–Kier alpha value is -5.65. The van der Waals surface area contributed by atoms with Gasteiger partial charge in [-0.05, 0) is 107 Å². The molecule has 0 aromatic heterocycles. The zero-order valence-corrected chi connectivity index (χ0v) is 37.7. The number of hydrogen-bond acceptors (Lipinski definition) is 7. The van der Waals surface area contributed by atoms with Gasteiger partial charge in [-0.25, -0.2) is 9.59 Å². The van der Waals surface area contributed by atoms with Gasteiger partial charge in [0.25, 0.3) is 0 Å². The zero-order valence-electron chi connectivity index (χ0n) is 37.7. The van der Waals surface area contributed by atoms with E-state index < -0.39 is 35.8 Å². The highest BCUT2D eigenvalue weighted by Gasteiger charge is 2.38. The summed E-state index contributed by atoms with van der Waals surface area (Å²) in [7, 11) is 0. The number of likely N-dealkylation sites (tertiary alicyclic amines) is 1. The van der Waals surface area contributed by atoms with Crippen molar-refractivity contribution < 1.29 is 33.4 Å². The molecule has 5 rings (SSSR count). The van der Waals surface area contributed by atoms with E-state index in [2.05, 4.69) is 54.1 Å². The molecule has 0 bridgehead atoms. The highest BCUT2D eigenvalue weighted by atomic mass is 16.6. The molecule has 1 fully saturated rings. The van der Waals surface area contributed by atoms with Crippen LogP contribution in [0.1, 0.15) is 103 Å². The first kappa shape index (κ1) is 47.4. The van der Waals surface area contributed by atoms with Crippen molar-refractivity contribution in [3.63, 3.8) is 0 Å². The van der Waals surface area contributed by atoms with E-state index >= 15 is 0 Å². The Balaban J connectivity index is 1.23. The third-order valence-corrected chi connectivity index (χ3v) is 11.4. The van der Waals surface area contributed by atoms with Crippen molar-refractivity contribution in [3.8, 4) is 11.1 Å². The Labute approximate surface area is 368 Å². The van der Waals surface area contributed by atoms with Gasteiger partial charge in [-0.2, -0.15) is 0 Å². The van der Waals surface area contributed by atoms with E-state index in [1.54, 1.807) is 9.80 Å². The molecule has 4 atom stereocenters. The molecular formula is C50H67N5O7. The van der Waals surface area contributed by atoms with E-state index in [-0.39, 0.29) is 55.2 Å². The molecule has 12 heteroatoms. The van der Waals surface area contributed by atoms with E-state index in [1.165, 1.54) is 0 Å². The second-order valence-corrected chi connectivity index (χ2v) is 17.7. The van der Waals surface area contributed by atoms with Crippen LogP contribution in [0.5, 0.6) is 0 Å². The molecule has 2 aliphatic rings. The van der Waals surface area contributed by atoms with Crippen LogP contribution >= 0.6 is 0 Å². The van der Waals surface area contributed by atoms with Gasteiger partial charge in [0, 0.05) is 32.1 Å². The summed E-state index contributed by atoms with van der Waals surface area (Å²) in [5.41, 5.74) is 4.86. The van der Waals surface area contributed by atoms with Crippen molar-refractivity contribution >= 4 is 29.9 Å². The highest BCUT2D eigenvalue weighted by Crippen LogP contribution is 2.44. The van der Waals surface area contributed by atoms with Crippen LogP contribution in [0.25, 0.3) is 11.1 Å². The average molecular weight is 850 g/mol. The molecule has 334 valence electrons. The van der Waals surface area contributed by atoms with Gasteiger partial charge in [-0.1, -0.05) is 105 Å². The molecule has 12 nitrogen and oxygen atoms in total. The first-order valence-electron chi connectivity index (χ1n) is 22.4. The lowest BCUT2D eigenvalue weighted by Gasteiger charge is -2.30. The predicted octanol–water partition coefficient (Wildman–Crippen LogP) is 8.00. The number of likely N-dealkylation sites (N-methyl/N-ethyl adjacent to an activating group) is 1. The fourth-order valence-corrected chi connectivity index (χ4v) is 8.47. The third-order valence-electron chi connectivity index (χ3n) is 11.4. The molecule has 0 saturated carbocycles. The normalized spacial score (nSPS) is 16.3. The molecule has 62 heavy (non-hydrogen) atoms. The summed E-state index contributed by atoms with van der Waals surface area (Å²) in [6, 6.07) is 24.1. The number of amides is 5. The molecular weight excluding hydrogens is 783 g/mol. The van der Waals surface area contributed by atoms with Crippen LogP contribution in [0.4, 0.5) is 9.59 Å². The second kappa shape index (κ2) is 22.4. The zero-order chi connectivity index (χ0) is 44.8. The van der Waals surface area contributed by atoms with Crippen LogP contribution in [-0.2, 0) is 30.3 Å². The van der Waals surface area contributed by atoms with Crippen molar-refractivity contribution in [2.45, 2.75) is 117 Å². The summed E-state index contributed by atoms with van der Waals surface area (Å²) in [4.78, 5) is 71.5. The van der Waals surface area contributed by atoms with E-state index in [1.807, 2.05) is 101 Å². The first-order valence-corrected chi connectivity index (χ1v) is 22.4. The topological polar surface area (TPSA) is 146 Å². The molecule has 3 unspecified atom stereocenters. The van der Waals surface area contributed by atoms with Crippen molar-refractivity contribution in [2.75, 3.05) is 32.8 Å². The van der Waals surface area contributed by atoms with Gasteiger partial charge in [0.15, 0.2) is 0 Å². The van der Waals surface area contributed by atoms with Gasteiger partial charge < -0.3 is 35.2 Å². The van der Waals surface area contributed by atoms with Crippen LogP contribution in [0, 0.1) is 11.8 Å². The van der Waals surface area contributed by atoms with Crippen molar-refractivity contribution in [2.24, 2.45) is 11.8 Å². The number of hydrogen-bond donors (Lipinski definition) is 3. The van der Waals surface area contributed by atoms with Crippen molar-refractivity contribution in [1.82, 2.24) is 25.8 Å². The van der Waals surface area contributed by atoms with E-state index in [0.29, 0.717) is 51.7 Å². The number of alkyl carbamates (subject to hydrolysis) is 2. The summed E-state index contributed by atoms with van der Waals surface area (Å²) < 4.78 is 11.2. The number of nitrogens with zero attached hydrogens (tertiary/aromatic N) is 2. The lowest BCUT2D eigenvalue weighted by Crippen LogP contribution is -2.54. The SMILES string of the molecule is CCN(CC)C(=O)C(CCCNC(=O)OCC1c2ccccc2-c2ccccc21)NC(=O)[C@@H]1CCCN1C(=O)C(/C=C/C(CC(C)C)NC(=O)OC(C)(C)C)Cc1ccccc1. The van der Waals surface area contributed by atoms with Crippen molar-refractivity contribution in [1.29, 1.82) is 0 Å². The number of rotatable bonds is 19. The van der Waals surface area contributed by atoms with Gasteiger partial charge in [-0.15, -0.1) is 0 Å². The molecule has 3 N–H and O–H groups in total. The predicted molar refractivity (Wildman–Crippen MR) is 242 cm³/mol. The third kappa shape index (κ3) is 13.2. The molecule has 0 radical (unpaired) electrons. The van der Waals surface area contributed by atoms with Gasteiger partial charge in [0.1, 0.15) is 24.3 Å². The lowest BCUT2D eigenvalue weighted by molar-refractivity contribution is -0.142. The molecule has 1 heterocycles. The fraction of sp³-hybridized carbons (Fsp3) is 0.500. The van der Waals surface area contributed by atoms with E-state index in [0.717, 1.165) is 27.8 Å². The smallest absolute Gasteiger partial charge is 0.408 e. The summed E-state index contributed by atoms with van der Waals surface area (Å²) >= 11 is 0. The molecule has 1 aliphatic heterocycles. The van der Waals surface area contributed by atoms with Crippen LogP contribution in [0.15, 0.2) is 91.0 Å². The van der Waals surface area contributed by atoms with Crippen LogP contribution in [0.3, 0.4) is 0 Å². The first-order chi connectivity index (χ1) is 29.7. The summed E-state index contributed by atoms with van der Waals surface area (Å²) in [6.45, 7) is 15.1. The summed E-state index contributed by atoms with van der Waals surface area (Å²) in [5.74, 6) is -1.20. The van der Waals surface area contributed by atoms with E-state index in [4.69, 9.17) is 9.47 Å². The van der Waals surface area contributed by atoms with Crippen LogP contribution < -0.4 is 16.0 Å². The number of benzene rings is 3. The van der Waals surface area contributed by atoms with Gasteiger partial charge in [0.2, 0.25) is 17.7 Å². The lowest BCUT2D eigenvalue weighted by atomic mass is 9.94. The Morgan fingerprint density at radius 1 is 0.839 bits per heavy atom. The van der Waals surface area contributed by atoms with E-state index in [9.17, 15) is 24.0 Å². The second-order valence-electron chi connectivity index (χ2n) is 17.7. The maximum Gasteiger partial charge on any atom is 0.408 e. The number of fused-ring (bicyclic) bond motifs is 3. The molecule has 5 amide bonds. The number of ether oxygens (including phenoxy) is 2. The number of nitrogens with one attached hydrogen (secondary N) is 3.